The number of hydrogen-bond donors (Lipinski definition) is 0. The van der Waals surface area contributed by atoms with Gasteiger partial charge in [-0.3, -0.25) is 10.1 Å². The fourth-order valence-electron chi connectivity index (χ4n) is 2.17. The van der Waals surface area contributed by atoms with E-state index in [1.165, 1.54) is 13.2 Å². The van der Waals surface area contributed by atoms with Crippen molar-refractivity contribution in [1.82, 2.24) is 0 Å². The standard InChI is InChI=1S/C20H22N2O4/c1-20(2,3)21(23)14-16-7-5-15(6-8-16)9-10-17-13-18(26-4)11-12-19(17)22(24)25/h5-14H,1-4H3/b10-9+,21-14-. The smallest absolute Gasteiger partial charge is 0.276 e. The van der Waals surface area contributed by atoms with E-state index in [4.69, 9.17) is 4.74 Å². The second kappa shape index (κ2) is 7.82. The number of nitrogens with zero attached hydrogens (tertiary/aromatic N) is 2. The Bertz CT molecular complexity index is 847. The van der Waals surface area contributed by atoms with Gasteiger partial charge in [0, 0.05) is 32.4 Å². The Balaban J connectivity index is 2.25. The molecule has 6 nitrogen and oxygen atoms in total. The van der Waals surface area contributed by atoms with E-state index in [1.807, 2.05) is 45.0 Å². The number of nitro groups is 1. The van der Waals surface area contributed by atoms with Crippen LogP contribution in [-0.4, -0.2) is 28.5 Å². The molecule has 0 amide bonds. The molecule has 0 N–H and O–H groups in total. The monoisotopic (exact) mass is 354 g/mol. The molecule has 0 radical (unpaired) electrons. The molecule has 0 aliphatic carbocycles. The van der Waals surface area contributed by atoms with Crippen molar-refractivity contribution in [3.05, 3.63) is 74.5 Å². The molecule has 0 aliphatic rings. The van der Waals surface area contributed by atoms with E-state index in [0.717, 1.165) is 15.9 Å². The van der Waals surface area contributed by atoms with Crippen LogP contribution in [0, 0.1) is 15.3 Å². The normalized spacial score (nSPS) is 12.4. The number of hydroxylamine groups is 1. The van der Waals surface area contributed by atoms with Gasteiger partial charge in [-0.2, -0.15) is 0 Å². The largest absolute Gasteiger partial charge is 0.623 e. The van der Waals surface area contributed by atoms with Gasteiger partial charge in [0.25, 0.3) is 5.69 Å². The summed E-state index contributed by atoms with van der Waals surface area (Å²) < 4.78 is 6.04. The highest BCUT2D eigenvalue weighted by molar-refractivity contribution is 5.78. The second-order valence-corrected chi connectivity index (χ2v) is 6.81. The van der Waals surface area contributed by atoms with Crippen LogP contribution < -0.4 is 4.74 Å². The summed E-state index contributed by atoms with van der Waals surface area (Å²) in [5.41, 5.74) is 1.64. The maximum Gasteiger partial charge on any atom is 0.276 e. The molecule has 2 aromatic carbocycles. The summed E-state index contributed by atoms with van der Waals surface area (Å²) in [7, 11) is 1.51. The van der Waals surface area contributed by atoms with Crippen LogP contribution in [0.25, 0.3) is 12.2 Å². The predicted molar refractivity (Wildman–Crippen MR) is 104 cm³/mol. The molecule has 0 saturated heterocycles. The van der Waals surface area contributed by atoms with Gasteiger partial charge in [0.05, 0.1) is 17.6 Å². The maximum absolute atomic E-state index is 12.0. The molecule has 6 heteroatoms. The molecular weight excluding hydrogens is 332 g/mol. The number of ether oxygens (including phenoxy) is 1. The van der Waals surface area contributed by atoms with E-state index in [1.54, 1.807) is 30.5 Å². The van der Waals surface area contributed by atoms with Crippen LogP contribution in [0.4, 0.5) is 5.69 Å². The molecule has 0 saturated carbocycles. The summed E-state index contributed by atoms with van der Waals surface area (Å²) >= 11 is 0. The van der Waals surface area contributed by atoms with E-state index in [-0.39, 0.29) is 5.69 Å². The maximum atomic E-state index is 12.0. The van der Waals surface area contributed by atoms with E-state index < -0.39 is 10.5 Å². The third kappa shape index (κ3) is 4.92. The Kier molecular flexibility index (Phi) is 5.77. The fraction of sp³-hybridized carbons (Fsp3) is 0.250. The van der Waals surface area contributed by atoms with E-state index in [0.29, 0.717) is 11.3 Å². The van der Waals surface area contributed by atoms with Crippen LogP contribution in [0.1, 0.15) is 37.5 Å². The molecular formula is C20H22N2O4. The highest BCUT2D eigenvalue weighted by atomic mass is 16.6. The summed E-state index contributed by atoms with van der Waals surface area (Å²) in [5.74, 6) is 0.554. The number of methoxy groups -OCH3 is 1. The van der Waals surface area contributed by atoms with Crippen molar-refractivity contribution in [2.75, 3.05) is 7.11 Å². The van der Waals surface area contributed by atoms with Gasteiger partial charge in [0.2, 0.25) is 0 Å². The molecule has 0 fully saturated rings. The Morgan fingerprint density at radius 2 is 1.58 bits per heavy atom. The zero-order chi connectivity index (χ0) is 19.3. The Labute approximate surface area is 152 Å². The van der Waals surface area contributed by atoms with E-state index in [2.05, 4.69) is 0 Å². The van der Waals surface area contributed by atoms with Crippen LogP contribution in [0.2, 0.25) is 0 Å². The van der Waals surface area contributed by atoms with Crippen LogP contribution in [-0.2, 0) is 0 Å². The fourth-order valence-corrected chi connectivity index (χ4v) is 2.17. The lowest BCUT2D eigenvalue weighted by molar-refractivity contribution is -0.530. The predicted octanol–water partition coefficient (Wildman–Crippen LogP) is 4.50. The molecule has 0 aliphatic heterocycles. The van der Waals surface area contributed by atoms with Gasteiger partial charge in [-0.25, -0.2) is 4.74 Å². The molecule has 0 bridgehead atoms. The molecule has 136 valence electrons. The van der Waals surface area contributed by atoms with Crippen LogP contribution in [0.3, 0.4) is 0 Å². The third-order valence-electron chi connectivity index (χ3n) is 3.75. The highest BCUT2D eigenvalue weighted by Crippen LogP contribution is 2.25. The van der Waals surface area contributed by atoms with Gasteiger partial charge in [-0.15, -0.1) is 0 Å². The molecule has 0 spiro atoms. The van der Waals surface area contributed by atoms with Crippen LogP contribution in [0.15, 0.2) is 42.5 Å². The van der Waals surface area contributed by atoms with Crippen LogP contribution >= 0.6 is 0 Å². The topological polar surface area (TPSA) is 78.4 Å². The van der Waals surface area contributed by atoms with E-state index in [9.17, 15) is 15.3 Å². The average molecular weight is 354 g/mol. The summed E-state index contributed by atoms with van der Waals surface area (Å²) in [6, 6.07) is 12.0. The molecule has 0 aromatic heterocycles. The number of rotatable bonds is 5. The van der Waals surface area contributed by atoms with Gasteiger partial charge in [0.1, 0.15) is 5.75 Å². The first kappa shape index (κ1) is 19.2. The molecule has 0 heterocycles. The van der Waals surface area contributed by atoms with Crippen molar-refractivity contribution in [1.29, 1.82) is 0 Å². The summed E-state index contributed by atoms with van der Waals surface area (Å²) in [6.45, 7) is 5.53. The third-order valence-corrected chi connectivity index (χ3v) is 3.75. The minimum absolute atomic E-state index is 0.0131. The van der Waals surface area contributed by atoms with Crippen molar-refractivity contribution in [2.45, 2.75) is 26.3 Å². The molecule has 2 rings (SSSR count). The van der Waals surface area contributed by atoms with Gasteiger partial charge in [-0.05, 0) is 35.9 Å². The first-order valence-electron chi connectivity index (χ1n) is 8.12. The van der Waals surface area contributed by atoms with Crippen molar-refractivity contribution in [3.63, 3.8) is 0 Å². The van der Waals surface area contributed by atoms with E-state index >= 15 is 0 Å². The number of nitro benzene ring substituents is 1. The lowest BCUT2D eigenvalue weighted by atomic mass is 10.1. The zero-order valence-electron chi connectivity index (χ0n) is 15.3. The number of hydrogen-bond acceptors (Lipinski definition) is 4. The van der Waals surface area contributed by atoms with Crippen molar-refractivity contribution in [3.8, 4) is 5.75 Å². The molecule has 0 unspecified atom stereocenters. The summed E-state index contributed by atoms with van der Waals surface area (Å²) in [5, 5.41) is 23.1. The zero-order valence-corrected chi connectivity index (χ0v) is 15.3. The second-order valence-electron chi connectivity index (χ2n) is 6.81. The quantitative estimate of drug-likeness (QED) is 0.198. The lowest BCUT2D eigenvalue weighted by Crippen LogP contribution is -2.29. The first-order chi connectivity index (χ1) is 12.2. The number of benzene rings is 2. The van der Waals surface area contributed by atoms with Gasteiger partial charge in [-0.1, -0.05) is 18.2 Å². The van der Waals surface area contributed by atoms with Gasteiger partial charge >= 0.3 is 0 Å². The Morgan fingerprint density at radius 1 is 0.962 bits per heavy atom. The van der Waals surface area contributed by atoms with Gasteiger partial charge in [0.15, 0.2) is 11.8 Å². The van der Waals surface area contributed by atoms with Crippen molar-refractivity contribution < 1.29 is 14.4 Å². The average Bonchev–Trinajstić information content (AvgIpc) is 2.59. The first-order valence-corrected chi connectivity index (χ1v) is 8.12. The summed E-state index contributed by atoms with van der Waals surface area (Å²) in [6.07, 6.45) is 5.00. The Morgan fingerprint density at radius 3 is 2.12 bits per heavy atom. The minimum atomic E-state index is -0.496. The van der Waals surface area contributed by atoms with Crippen molar-refractivity contribution >= 4 is 24.1 Å². The molecule has 2 aromatic rings. The van der Waals surface area contributed by atoms with Gasteiger partial charge < -0.3 is 9.94 Å². The molecule has 0 atom stereocenters. The minimum Gasteiger partial charge on any atom is -0.623 e. The Hall–Kier alpha value is -3.15. The lowest BCUT2D eigenvalue weighted by Gasteiger charge is -2.18. The highest BCUT2D eigenvalue weighted by Gasteiger charge is 2.17. The SMILES string of the molecule is COc1ccc([N+](=O)[O-])c(/C=C/c2ccc(/C=[N+](\[O-])C(C)(C)C)cc2)c1. The summed E-state index contributed by atoms with van der Waals surface area (Å²) in [4.78, 5) is 10.7. The van der Waals surface area contributed by atoms with Crippen molar-refractivity contribution in [2.24, 2.45) is 0 Å². The van der Waals surface area contributed by atoms with Crippen LogP contribution in [0.5, 0.6) is 5.75 Å². The molecule has 26 heavy (non-hydrogen) atoms.